The minimum Gasteiger partial charge on any atom is -0.493 e. The normalized spacial score (nSPS) is 12.2. The highest BCUT2D eigenvalue weighted by molar-refractivity contribution is 6.61. The van der Waals surface area contributed by atoms with Gasteiger partial charge in [0.1, 0.15) is 11.5 Å². The monoisotopic (exact) mass is 1190 g/mol. The molecule has 0 aromatic heterocycles. The highest BCUT2D eigenvalue weighted by atomic mass is 28.4. The molecule has 0 saturated carbocycles. The van der Waals surface area contributed by atoms with Gasteiger partial charge in [-0.3, -0.25) is 0 Å². The standard InChI is InChI=1S/C71H120O10Si2/c1-9-17-19-21-23-25-27-29-31-33-35-37-39-45-55-72-67-54-53-62-49-41-43-51-64(62)68(67)69-65-52-44-42-50-63(65)61-66(70(69)73-56-46-40-38-36-34-32-30-28-26-24-22-20-18-10-2)71(74-57-47-59-82(76-11-3,77-12-4)78-13-5)75-58-48-60-83(79-14-6,80-15-7)81-16-8/h41-44,49-54,61,71H,9-40,45-48,55-60H2,1-8H3. The fourth-order valence-electron chi connectivity index (χ4n) is 11.7. The van der Waals surface area contributed by atoms with Crippen LogP contribution in [0.15, 0.2) is 66.7 Å². The third-order valence-corrected chi connectivity index (χ3v) is 22.2. The number of benzene rings is 4. The van der Waals surface area contributed by atoms with E-state index in [0.717, 1.165) is 75.4 Å². The second-order valence-corrected chi connectivity index (χ2v) is 28.1. The van der Waals surface area contributed by atoms with Crippen LogP contribution in [0, 0.1) is 0 Å². The first-order valence-electron chi connectivity index (χ1n) is 34.3. The summed E-state index contributed by atoms with van der Waals surface area (Å²) in [6.07, 6.45) is 37.2. The summed E-state index contributed by atoms with van der Waals surface area (Å²) in [6.45, 7) is 21.8. The van der Waals surface area contributed by atoms with Gasteiger partial charge in [0, 0.05) is 62.9 Å². The smallest absolute Gasteiger partial charge is 0.493 e. The second kappa shape index (κ2) is 46.3. The highest BCUT2D eigenvalue weighted by Gasteiger charge is 2.41. The number of fused-ring (bicyclic) bond motifs is 2. The lowest BCUT2D eigenvalue weighted by molar-refractivity contribution is -0.148. The van der Waals surface area contributed by atoms with E-state index < -0.39 is 23.9 Å². The molecular weight excluding hydrogens is 1070 g/mol. The largest absolute Gasteiger partial charge is 0.501 e. The predicted molar refractivity (Wildman–Crippen MR) is 353 cm³/mol. The molecule has 0 fully saturated rings. The molecule has 0 saturated heterocycles. The summed E-state index contributed by atoms with van der Waals surface area (Å²) in [5.41, 5.74) is 2.92. The molecule has 0 aliphatic heterocycles. The van der Waals surface area contributed by atoms with Gasteiger partial charge in [0.2, 0.25) is 0 Å². The summed E-state index contributed by atoms with van der Waals surface area (Å²) >= 11 is 0. The molecule has 0 heterocycles. The minimum absolute atomic E-state index is 0.393. The van der Waals surface area contributed by atoms with Crippen molar-refractivity contribution in [3.05, 3.63) is 72.3 Å². The Labute approximate surface area is 509 Å². The maximum Gasteiger partial charge on any atom is 0.501 e. The molecule has 4 aromatic carbocycles. The minimum atomic E-state index is -2.93. The zero-order valence-corrected chi connectivity index (χ0v) is 56.2. The van der Waals surface area contributed by atoms with Gasteiger partial charge in [-0.1, -0.05) is 235 Å². The molecule has 12 heteroatoms. The lowest BCUT2D eigenvalue weighted by Gasteiger charge is -2.30. The number of unbranched alkanes of at least 4 members (excludes halogenated alkanes) is 26. The van der Waals surface area contributed by atoms with Crippen molar-refractivity contribution in [1.29, 1.82) is 0 Å². The lowest BCUT2D eigenvalue weighted by atomic mass is 9.90. The van der Waals surface area contributed by atoms with Crippen molar-refractivity contribution in [2.45, 2.75) is 266 Å². The van der Waals surface area contributed by atoms with Gasteiger partial charge in [0.15, 0.2) is 6.29 Å². The van der Waals surface area contributed by atoms with Crippen LogP contribution in [0.3, 0.4) is 0 Å². The van der Waals surface area contributed by atoms with E-state index in [1.54, 1.807) is 0 Å². The van der Waals surface area contributed by atoms with Crippen molar-refractivity contribution >= 4 is 39.2 Å². The van der Waals surface area contributed by atoms with E-state index in [1.165, 1.54) is 154 Å². The molecule has 0 spiro atoms. The molecule has 4 aromatic rings. The fraction of sp³-hybridized carbons (Fsp3) is 0.718. The van der Waals surface area contributed by atoms with Crippen molar-refractivity contribution in [2.75, 3.05) is 66.1 Å². The molecule has 83 heavy (non-hydrogen) atoms. The fourth-order valence-corrected chi connectivity index (χ4v) is 16.9. The van der Waals surface area contributed by atoms with Crippen LogP contribution < -0.4 is 9.47 Å². The molecule has 0 aliphatic rings. The molecular formula is C71H120O10Si2. The summed E-state index contributed by atoms with van der Waals surface area (Å²) in [5, 5.41) is 4.46. The van der Waals surface area contributed by atoms with E-state index in [-0.39, 0.29) is 0 Å². The van der Waals surface area contributed by atoms with Crippen LogP contribution in [-0.4, -0.2) is 83.7 Å². The molecule has 10 nitrogen and oxygen atoms in total. The summed E-state index contributed by atoms with van der Waals surface area (Å²) in [4.78, 5) is 0. The Bertz CT molecular complexity index is 2140. The Morgan fingerprint density at radius 3 is 1.07 bits per heavy atom. The van der Waals surface area contributed by atoms with Gasteiger partial charge in [0.05, 0.1) is 32.0 Å². The molecule has 0 aliphatic carbocycles. The highest BCUT2D eigenvalue weighted by Crippen LogP contribution is 2.49. The zero-order chi connectivity index (χ0) is 59.3. The Balaban J connectivity index is 1.68. The summed E-state index contributed by atoms with van der Waals surface area (Å²) in [6, 6.07) is 25.3. The first-order valence-corrected chi connectivity index (χ1v) is 38.2. The van der Waals surface area contributed by atoms with E-state index >= 15 is 0 Å². The molecule has 472 valence electrons. The average Bonchev–Trinajstić information content (AvgIpc) is 3.36. The third-order valence-electron chi connectivity index (χ3n) is 15.9. The van der Waals surface area contributed by atoms with Gasteiger partial charge in [-0.25, -0.2) is 0 Å². The van der Waals surface area contributed by atoms with Crippen LogP contribution in [-0.2, 0) is 36.0 Å². The zero-order valence-electron chi connectivity index (χ0n) is 54.2. The van der Waals surface area contributed by atoms with Crippen LogP contribution in [0.2, 0.25) is 12.1 Å². The first kappa shape index (κ1) is 72.6. The summed E-state index contributed by atoms with van der Waals surface area (Å²) in [7, 11) is -5.87. The molecule has 0 bridgehead atoms. The quantitative estimate of drug-likeness (QED) is 0.0242. The van der Waals surface area contributed by atoms with Crippen LogP contribution in [0.5, 0.6) is 11.5 Å². The van der Waals surface area contributed by atoms with Crippen molar-refractivity contribution in [3.8, 4) is 22.6 Å². The van der Waals surface area contributed by atoms with Crippen molar-refractivity contribution in [3.63, 3.8) is 0 Å². The Morgan fingerprint density at radius 1 is 0.325 bits per heavy atom. The molecule has 0 amide bonds. The van der Waals surface area contributed by atoms with E-state index in [0.29, 0.717) is 91.0 Å². The lowest BCUT2D eigenvalue weighted by Crippen LogP contribution is -2.46. The van der Waals surface area contributed by atoms with Crippen LogP contribution in [0.4, 0.5) is 0 Å². The summed E-state index contributed by atoms with van der Waals surface area (Å²) in [5.74, 6) is 1.65. The average molecular weight is 1190 g/mol. The molecule has 0 unspecified atom stereocenters. The molecule has 0 radical (unpaired) electrons. The van der Waals surface area contributed by atoms with Gasteiger partial charge >= 0.3 is 17.6 Å². The molecule has 0 N–H and O–H groups in total. The van der Waals surface area contributed by atoms with Gasteiger partial charge in [0.25, 0.3) is 0 Å². The van der Waals surface area contributed by atoms with Gasteiger partial charge < -0.3 is 45.5 Å². The van der Waals surface area contributed by atoms with Gasteiger partial charge in [-0.2, -0.15) is 0 Å². The SMILES string of the molecule is CCCCCCCCCCCCCCCCOc1ccc2ccccc2c1-c1c(OCCCCCCCCCCCCCCCC)c(C(OCCC[Si](OCC)(OCC)OCC)OCCC[Si](OCC)(OCC)OCC)cc2ccccc12. The van der Waals surface area contributed by atoms with Gasteiger partial charge in [-0.05, 0) is 101 Å². The van der Waals surface area contributed by atoms with Crippen molar-refractivity contribution in [1.82, 2.24) is 0 Å². The van der Waals surface area contributed by atoms with Crippen molar-refractivity contribution in [2.24, 2.45) is 0 Å². The van der Waals surface area contributed by atoms with E-state index in [2.05, 4.69) is 80.6 Å². The number of hydrogen-bond donors (Lipinski definition) is 0. The Kier molecular flexibility index (Phi) is 40.5. The van der Waals surface area contributed by atoms with Crippen LogP contribution in [0.1, 0.15) is 260 Å². The molecule has 0 atom stereocenters. The summed E-state index contributed by atoms with van der Waals surface area (Å²) < 4.78 is 66.2. The van der Waals surface area contributed by atoms with E-state index in [4.69, 9.17) is 45.5 Å². The van der Waals surface area contributed by atoms with Gasteiger partial charge in [-0.15, -0.1) is 0 Å². The van der Waals surface area contributed by atoms with Crippen molar-refractivity contribution < 1.29 is 45.5 Å². The number of hydrogen-bond acceptors (Lipinski definition) is 10. The second-order valence-electron chi connectivity index (χ2n) is 22.7. The Morgan fingerprint density at radius 2 is 0.675 bits per heavy atom. The predicted octanol–water partition coefficient (Wildman–Crippen LogP) is 21.3. The Hall–Kier alpha value is -2.89. The number of rotatable bonds is 56. The first-order chi connectivity index (χ1) is 40.9. The maximum atomic E-state index is 7.34. The van der Waals surface area contributed by atoms with E-state index in [9.17, 15) is 0 Å². The maximum absolute atomic E-state index is 7.34. The number of ether oxygens (including phenoxy) is 4. The third kappa shape index (κ3) is 27.8. The topological polar surface area (TPSA) is 92.3 Å². The van der Waals surface area contributed by atoms with E-state index in [1.807, 2.05) is 41.5 Å². The van der Waals surface area contributed by atoms with Crippen LogP contribution >= 0.6 is 0 Å². The molecule has 4 rings (SSSR count). The van der Waals surface area contributed by atoms with Crippen LogP contribution in [0.25, 0.3) is 32.7 Å².